The number of fused-ring (bicyclic) bond motifs is 5. The molecule has 4 fully saturated rings. The Morgan fingerprint density at radius 2 is 1.72 bits per heavy atom. The van der Waals surface area contributed by atoms with Crippen LogP contribution < -0.4 is 0 Å². The molecule has 0 aromatic heterocycles. The number of hydrogen-bond acceptors (Lipinski definition) is 2. The average molecular weight is 349 g/mol. The standard InChI is InChI=1S/C23H40O2/c1-14-11-20(15(2)13-24)23(4)10-8-19-18(21(14)23)6-5-16-12-17(25)7-9-22(16,19)3/h14-21,24-25H,5-13H2,1-4H3/t14?,15-,16?,17?,18?,19?,20?,21?,22?,23?/m1/s1. The Balaban J connectivity index is 1.63. The van der Waals surface area contributed by atoms with Crippen molar-refractivity contribution in [3.05, 3.63) is 0 Å². The molecule has 4 aliphatic rings. The minimum absolute atomic E-state index is 0.0383. The highest BCUT2D eigenvalue weighted by Crippen LogP contribution is 2.69. The summed E-state index contributed by atoms with van der Waals surface area (Å²) in [4.78, 5) is 0. The second-order valence-corrected chi connectivity index (χ2v) is 11.0. The highest BCUT2D eigenvalue weighted by Gasteiger charge is 2.62. The topological polar surface area (TPSA) is 40.5 Å². The molecule has 2 nitrogen and oxygen atoms in total. The van der Waals surface area contributed by atoms with Crippen molar-refractivity contribution in [1.29, 1.82) is 0 Å². The number of rotatable bonds is 2. The van der Waals surface area contributed by atoms with E-state index in [0.717, 1.165) is 42.4 Å². The zero-order chi connectivity index (χ0) is 18.0. The van der Waals surface area contributed by atoms with Gasteiger partial charge in [0.1, 0.15) is 0 Å². The molecule has 25 heavy (non-hydrogen) atoms. The predicted molar refractivity (Wildman–Crippen MR) is 102 cm³/mol. The summed E-state index contributed by atoms with van der Waals surface area (Å²) >= 11 is 0. The van der Waals surface area contributed by atoms with Crippen molar-refractivity contribution in [2.45, 2.75) is 85.2 Å². The molecule has 0 aromatic rings. The number of aliphatic hydroxyl groups is 2. The van der Waals surface area contributed by atoms with E-state index in [9.17, 15) is 10.2 Å². The fraction of sp³-hybridized carbons (Fsp3) is 1.00. The number of hydrogen-bond donors (Lipinski definition) is 2. The first-order valence-corrected chi connectivity index (χ1v) is 11.1. The van der Waals surface area contributed by atoms with Crippen molar-refractivity contribution in [1.82, 2.24) is 0 Å². The molecule has 4 rings (SSSR count). The Hall–Kier alpha value is -0.0800. The largest absolute Gasteiger partial charge is 0.396 e. The summed E-state index contributed by atoms with van der Waals surface area (Å²) in [5.41, 5.74) is 0.921. The van der Waals surface area contributed by atoms with Crippen molar-refractivity contribution in [3.8, 4) is 0 Å². The Morgan fingerprint density at radius 1 is 1.00 bits per heavy atom. The minimum atomic E-state index is -0.0383. The van der Waals surface area contributed by atoms with E-state index in [2.05, 4.69) is 27.7 Å². The molecule has 0 saturated heterocycles. The lowest BCUT2D eigenvalue weighted by Gasteiger charge is -2.61. The van der Waals surface area contributed by atoms with Gasteiger partial charge >= 0.3 is 0 Å². The van der Waals surface area contributed by atoms with E-state index < -0.39 is 0 Å². The van der Waals surface area contributed by atoms with Crippen LogP contribution in [0.5, 0.6) is 0 Å². The third-order valence-corrected chi connectivity index (χ3v) is 10.00. The van der Waals surface area contributed by atoms with Crippen molar-refractivity contribution in [2.75, 3.05) is 6.61 Å². The molecule has 0 amide bonds. The van der Waals surface area contributed by atoms with Crippen LogP contribution in [0, 0.1) is 52.3 Å². The van der Waals surface area contributed by atoms with E-state index in [4.69, 9.17) is 0 Å². The lowest BCUT2D eigenvalue weighted by molar-refractivity contribution is -0.135. The van der Waals surface area contributed by atoms with Gasteiger partial charge in [-0.2, -0.15) is 0 Å². The Labute approximate surface area is 154 Å². The van der Waals surface area contributed by atoms with Gasteiger partial charge in [0.15, 0.2) is 0 Å². The summed E-state index contributed by atoms with van der Waals surface area (Å²) < 4.78 is 0. The molecule has 0 radical (unpaired) electrons. The fourth-order valence-electron chi connectivity index (χ4n) is 8.84. The molecule has 10 atom stereocenters. The summed E-state index contributed by atoms with van der Waals surface area (Å²) in [6.07, 6.45) is 10.1. The first-order chi connectivity index (χ1) is 11.8. The van der Waals surface area contributed by atoms with Crippen molar-refractivity contribution >= 4 is 0 Å². The van der Waals surface area contributed by atoms with Gasteiger partial charge in [0, 0.05) is 6.61 Å². The SMILES string of the molecule is CC1CC([C@H](C)CO)C2(C)CCC3C(CCC4CC(O)CCC43C)C12. The lowest BCUT2D eigenvalue weighted by Crippen LogP contribution is -2.54. The summed E-state index contributed by atoms with van der Waals surface area (Å²) in [5, 5.41) is 20.0. The lowest BCUT2D eigenvalue weighted by atomic mass is 9.44. The maximum Gasteiger partial charge on any atom is 0.0543 e. The van der Waals surface area contributed by atoms with Crippen LogP contribution in [0.4, 0.5) is 0 Å². The monoisotopic (exact) mass is 348 g/mol. The van der Waals surface area contributed by atoms with Crippen LogP contribution in [-0.4, -0.2) is 22.9 Å². The van der Waals surface area contributed by atoms with Crippen LogP contribution in [0.15, 0.2) is 0 Å². The smallest absolute Gasteiger partial charge is 0.0543 e. The molecule has 2 heteroatoms. The van der Waals surface area contributed by atoms with Crippen LogP contribution in [-0.2, 0) is 0 Å². The van der Waals surface area contributed by atoms with E-state index in [-0.39, 0.29) is 6.10 Å². The van der Waals surface area contributed by atoms with Crippen molar-refractivity contribution in [3.63, 3.8) is 0 Å². The van der Waals surface area contributed by atoms with Crippen molar-refractivity contribution in [2.24, 2.45) is 52.3 Å². The Bertz CT molecular complexity index is 504. The molecule has 4 saturated carbocycles. The number of aliphatic hydroxyl groups excluding tert-OH is 2. The van der Waals surface area contributed by atoms with Crippen LogP contribution in [0.2, 0.25) is 0 Å². The van der Waals surface area contributed by atoms with Gasteiger partial charge in [-0.25, -0.2) is 0 Å². The molecule has 144 valence electrons. The summed E-state index contributed by atoms with van der Waals surface area (Å²) in [5.74, 6) is 5.35. The zero-order valence-electron chi connectivity index (χ0n) is 16.9. The van der Waals surface area contributed by atoms with Gasteiger partial charge in [-0.3, -0.25) is 0 Å². The summed E-state index contributed by atoms with van der Waals surface area (Å²) in [6.45, 7) is 10.3. The molecule has 4 aliphatic carbocycles. The molecular weight excluding hydrogens is 308 g/mol. The second kappa shape index (κ2) is 6.23. The first kappa shape index (κ1) is 18.3. The minimum Gasteiger partial charge on any atom is -0.396 e. The Morgan fingerprint density at radius 3 is 2.44 bits per heavy atom. The van der Waals surface area contributed by atoms with Gasteiger partial charge in [0.25, 0.3) is 0 Å². The molecule has 0 bridgehead atoms. The quantitative estimate of drug-likeness (QED) is 0.746. The molecule has 2 N–H and O–H groups in total. The predicted octanol–water partition coefficient (Wildman–Crippen LogP) is 4.88. The fourth-order valence-corrected chi connectivity index (χ4v) is 8.84. The van der Waals surface area contributed by atoms with Crippen LogP contribution >= 0.6 is 0 Å². The molecule has 0 aliphatic heterocycles. The molecule has 0 aromatic carbocycles. The molecule has 0 spiro atoms. The second-order valence-electron chi connectivity index (χ2n) is 11.0. The summed E-state index contributed by atoms with van der Waals surface area (Å²) in [6, 6.07) is 0. The maximum absolute atomic E-state index is 10.2. The van der Waals surface area contributed by atoms with Crippen LogP contribution in [0.1, 0.15) is 79.1 Å². The van der Waals surface area contributed by atoms with Gasteiger partial charge in [-0.15, -0.1) is 0 Å². The van der Waals surface area contributed by atoms with E-state index >= 15 is 0 Å². The van der Waals surface area contributed by atoms with Crippen LogP contribution in [0.3, 0.4) is 0 Å². The highest BCUT2D eigenvalue weighted by atomic mass is 16.3. The Kier molecular flexibility index (Phi) is 4.56. The summed E-state index contributed by atoms with van der Waals surface area (Å²) in [7, 11) is 0. The third kappa shape index (κ3) is 2.57. The van der Waals surface area contributed by atoms with Gasteiger partial charge < -0.3 is 10.2 Å². The van der Waals surface area contributed by atoms with Crippen LogP contribution in [0.25, 0.3) is 0 Å². The first-order valence-electron chi connectivity index (χ1n) is 11.1. The van der Waals surface area contributed by atoms with Gasteiger partial charge in [-0.1, -0.05) is 27.7 Å². The van der Waals surface area contributed by atoms with Gasteiger partial charge in [-0.05, 0) is 104 Å². The van der Waals surface area contributed by atoms with Crippen molar-refractivity contribution < 1.29 is 10.2 Å². The molecule has 0 heterocycles. The van der Waals surface area contributed by atoms with E-state index in [1.165, 1.54) is 38.5 Å². The normalized spacial score (nSPS) is 56.6. The van der Waals surface area contributed by atoms with E-state index in [1.54, 1.807) is 0 Å². The van der Waals surface area contributed by atoms with E-state index in [0.29, 0.717) is 29.3 Å². The molecular formula is C23H40O2. The maximum atomic E-state index is 10.2. The highest BCUT2D eigenvalue weighted by molar-refractivity contribution is 5.11. The van der Waals surface area contributed by atoms with Gasteiger partial charge in [0.05, 0.1) is 6.10 Å². The van der Waals surface area contributed by atoms with E-state index in [1.807, 2.05) is 0 Å². The average Bonchev–Trinajstić information content (AvgIpc) is 2.86. The third-order valence-electron chi connectivity index (χ3n) is 10.00. The molecule has 9 unspecified atom stereocenters. The van der Waals surface area contributed by atoms with Gasteiger partial charge in [0.2, 0.25) is 0 Å². The zero-order valence-corrected chi connectivity index (χ0v) is 16.9.